The number of carbonyl (C=O) groups excluding carboxylic acids is 1. The molecule has 0 aliphatic heterocycles. The van der Waals surface area contributed by atoms with E-state index in [9.17, 15) is 9.90 Å². The number of carbonyl (C=O) groups is 1. The number of aromatic nitrogens is 1. The molecule has 0 saturated heterocycles. The summed E-state index contributed by atoms with van der Waals surface area (Å²) in [6, 6.07) is 3.48. The second kappa shape index (κ2) is 6.74. The predicted molar refractivity (Wildman–Crippen MR) is 87.8 cm³/mol. The van der Waals surface area contributed by atoms with E-state index in [1.165, 1.54) is 22.7 Å². The van der Waals surface area contributed by atoms with Crippen LogP contribution in [0.1, 0.15) is 26.3 Å². The highest BCUT2D eigenvalue weighted by molar-refractivity contribution is 7.17. The molecule has 0 bridgehead atoms. The van der Waals surface area contributed by atoms with Crippen molar-refractivity contribution in [1.82, 2.24) is 10.3 Å². The highest BCUT2D eigenvalue weighted by Gasteiger charge is 2.18. The van der Waals surface area contributed by atoms with Crippen molar-refractivity contribution in [3.63, 3.8) is 0 Å². The first-order valence-corrected chi connectivity index (χ1v) is 8.26. The van der Waals surface area contributed by atoms with Gasteiger partial charge in [-0.2, -0.15) is 0 Å². The largest absolute Gasteiger partial charge is 0.386 e. The van der Waals surface area contributed by atoms with Gasteiger partial charge in [-0.3, -0.25) is 4.79 Å². The summed E-state index contributed by atoms with van der Waals surface area (Å²) in [6.45, 7) is 1.94. The molecule has 0 aliphatic rings. The summed E-state index contributed by atoms with van der Waals surface area (Å²) in [7, 11) is 3.76. The number of aliphatic hydroxyl groups is 1. The number of aryl methyl sites for hydroxylation is 1. The molecule has 5 nitrogen and oxygen atoms in total. The van der Waals surface area contributed by atoms with E-state index in [-0.39, 0.29) is 12.5 Å². The number of amides is 1. The summed E-state index contributed by atoms with van der Waals surface area (Å²) < 4.78 is 0.615. The van der Waals surface area contributed by atoms with E-state index < -0.39 is 6.10 Å². The summed E-state index contributed by atoms with van der Waals surface area (Å²) in [6.07, 6.45) is -0.756. The number of aliphatic hydroxyl groups excluding tert-OH is 1. The Hall–Kier alpha value is -1.15. The zero-order valence-corrected chi connectivity index (χ0v) is 14.3. The maximum absolute atomic E-state index is 12.1. The standard InChI is InChI=1S/C13H16ClN3O2S2/c1-7-11(21-13(16-7)17(2)3)12(19)15-6-8(18)9-4-5-10(14)20-9/h4-5,8,18H,6H2,1-3H3,(H,15,19). The monoisotopic (exact) mass is 345 g/mol. The number of rotatable bonds is 5. The van der Waals surface area contributed by atoms with Crippen molar-refractivity contribution in [1.29, 1.82) is 0 Å². The first-order chi connectivity index (χ1) is 9.88. The number of nitrogens with one attached hydrogen (secondary N) is 1. The Bertz CT molecular complexity index is 639. The van der Waals surface area contributed by atoms with Gasteiger partial charge in [0.05, 0.1) is 10.0 Å². The molecule has 2 aromatic heterocycles. The summed E-state index contributed by atoms with van der Waals surface area (Å²) in [5.74, 6) is -0.222. The third-order valence-electron chi connectivity index (χ3n) is 2.75. The second-order valence-corrected chi connectivity index (χ2v) is 7.40. The van der Waals surface area contributed by atoms with Crippen molar-refractivity contribution in [3.05, 3.63) is 31.9 Å². The van der Waals surface area contributed by atoms with Crippen LogP contribution < -0.4 is 10.2 Å². The number of hydrogen-bond acceptors (Lipinski definition) is 6. The molecule has 0 fully saturated rings. The molecular formula is C13H16ClN3O2S2. The topological polar surface area (TPSA) is 65.5 Å². The molecule has 2 rings (SSSR count). The van der Waals surface area contributed by atoms with E-state index in [1.807, 2.05) is 19.0 Å². The van der Waals surface area contributed by atoms with Gasteiger partial charge in [0, 0.05) is 25.5 Å². The minimum Gasteiger partial charge on any atom is -0.386 e. The van der Waals surface area contributed by atoms with Crippen molar-refractivity contribution >= 4 is 45.3 Å². The fourth-order valence-electron chi connectivity index (χ4n) is 1.66. The Kier molecular flexibility index (Phi) is 5.21. The van der Waals surface area contributed by atoms with Crippen LogP contribution in [0.25, 0.3) is 0 Å². The number of hydrogen-bond donors (Lipinski definition) is 2. The van der Waals surface area contributed by atoms with Gasteiger partial charge >= 0.3 is 0 Å². The minimum absolute atomic E-state index is 0.143. The molecule has 2 N–H and O–H groups in total. The molecule has 0 aromatic carbocycles. The van der Waals surface area contributed by atoms with Gasteiger partial charge < -0.3 is 15.3 Å². The third-order valence-corrected chi connectivity index (χ3v) is 5.41. The first-order valence-electron chi connectivity index (χ1n) is 6.24. The van der Waals surface area contributed by atoms with Gasteiger partial charge in [-0.25, -0.2) is 4.98 Å². The van der Waals surface area contributed by atoms with Gasteiger partial charge in [-0.1, -0.05) is 22.9 Å². The molecule has 0 spiro atoms. The fourth-order valence-corrected chi connectivity index (χ4v) is 3.61. The van der Waals surface area contributed by atoms with Crippen LogP contribution in [0.4, 0.5) is 5.13 Å². The number of nitrogens with zero attached hydrogens (tertiary/aromatic N) is 2. The van der Waals surface area contributed by atoms with Crippen LogP contribution in [0.15, 0.2) is 12.1 Å². The Morgan fingerprint density at radius 1 is 1.48 bits per heavy atom. The van der Waals surface area contributed by atoms with Crippen molar-refractivity contribution in [2.45, 2.75) is 13.0 Å². The van der Waals surface area contributed by atoms with E-state index in [4.69, 9.17) is 11.6 Å². The molecule has 8 heteroatoms. The van der Waals surface area contributed by atoms with Gasteiger partial charge in [-0.05, 0) is 19.1 Å². The Labute approximate surface area is 136 Å². The zero-order valence-electron chi connectivity index (χ0n) is 11.9. The quantitative estimate of drug-likeness (QED) is 0.874. The SMILES string of the molecule is Cc1nc(N(C)C)sc1C(=O)NCC(O)c1ccc(Cl)s1. The van der Waals surface area contributed by atoms with Gasteiger partial charge in [0.2, 0.25) is 0 Å². The molecule has 1 unspecified atom stereocenters. The van der Waals surface area contributed by atoms with Crippen molar-refractivity contribution in [2.24, 2.45) is 0 Å². The number of halogens is 1. The minimum atomic E-state index is -0.756. The van der Waals surface area contributed by atoms with Gasteiger partial charge in [0.15, 0.2) is 5.13 Å². The van der Waals surface area contributed by atoms with E-state index in [2.05, 4.69) is 10.3 Å². The van der Waals surface area contributed by atoms with Crippen LogP contribution >= 0.6 is 34.3 Å². The highest BCUT2D eigenvalue weighted by Crippen LogP contribution is 2.27. The van der Waals surface area contributed by atoms with Crippen LogP contribution in [-0.4, -0.2) is 36.6 Å². The lowest BCUT2D eigenvalue weighted by Crippen LogP contribution is -2.27. The Balaban J connectivity index is 1.98. The highest BCUT2D eigenvalue weighted by atomic mass is 35.5. The van der Waals surface area contributed by atoms with Crippen LogP contribution in [0.5, 0.6) is 0 Å². The smallest absolute Gasteiger partial charge is 0.263 e. The van der Waals surface area contributed by atoms with Crippen molar-refractivity contribution < 1.29 is 9.90 Å². The molecule has 114 valence electrons. The summed E-state index contributed by atoms with van der Waals surface area (Å²) >= 11 is 8.46. The fraction of sp³-hybridized carbons (Fsp3) is 0.385. The average Bonchev–Trinajstić information content (AvgIpc) is 3.02. The van der Waals surface area contributed by atoms with Gasteiger partial charge in [0.1, 0.15) is 11.0 Å². The van der Waals surface area contributed by atoms with Gasteiger partial charge in [-0.15, -0.1) is 11.3 Å². The lowest BCUT2D eigenvalue weighted by molar-refractivity contribution is 0.0921. The number of thiophene rings is 1. The van der Waals surface area contributed by atoms with Crippen LogP contribution in [0, 0.1) is 6.92 Å². The third kappa shape index (κ3) is 3.94. The summed E-state index contributed by atoms with van der Waals surface area (Å²) in [5.41, 5.74) is 0.690. The number of anilines is 1. The van der Waals surface area contributed by atoms with Crippen LogP contribution in [-0.2, 0) is 0 Å². The normalized spacial score (nSPS) is 12.2. The van der Waals surface area contributed by atoms with E-state index >= 15 is 0 Å². The van der Waals surface area contributed by atoms with E-state index in [0.717, 1.165) is 10.0 Å². The number of thiazole rings is 1. The summed E-state index contributed by atoms with van der Waals surface area (Å²) in [5, 5.41) is 13.5. The second-order valence-electron chi connectivity index (χ2n) is 4.67. The predicted octanol–water partition coefficient (Wildman–Crippen LogP) is 2.70. The first kappa shape index (κ1) is 16.2. The maximum atomic E-state index is 12.1. The lowest BCUT2D eigenvalue weighted by Gasteiger charge is -2.09. The zero-order chi connectivity index (χ0) is 15.6. The molecule has 0 saturated carbocycles. The van der Waals surface area contributed by atoms with Gasteiger partial charge in [0.25, 0.3) is 5.91 Å². The van der Waals surface area contributed by atoms with Crippen LogP contribution in [0.3, 0.4) is 0 Å². The molecular weight excluding hydrogens is 330 g/mol. The molecule has 1 atom stereocenters. The molecule has 21 heavy (non-hydrogen) atoms. The summed E-state index contributed by atoms with van der Waals surface area (Å²) in [4.78, 5) is 19.6. The molecule has 1 amide bonds. The molecule has 2 aromatic rings. The Morgan fingerprint density at radius 2 is 2.19 bits per heavy atom. The molecule has 0 radical (unpaired) electrons. The average molecular weight is 346 g/mol. The van der Waals surface area contributed by atoms with Crippen molar-refractivity contribution in [3.8, 4) is 0 Å². The van der Waals surface area contributed by atoms with Crippen LogP contribution in [0.2, 0.25) is 4.34 Å². The van der Waals surface area contributed by atoms with Crippen molar-refractivity contribution in [2.75, 3.05) is 25.5 Å². The molecule has 2 heterocycles. The van der Waals surface area contributed by atoms with E-state index in [0.29, 0.717) is 14.9 Å². The Morgan fingerprint density at radius 3 is 2.71 bits per heavy atom. The maximum Gasteiger partial charge on any atom is 0.263 e. The van der Waals surface area contributed by atoms with E-state index in [1.54, 1.807) is 19.1 Å². The lowest BCUT2D eigenvalue weighted by atomic mass is 10.3. The molecule has 0 aliphatic carbocycles.